The molecule has 1 saturated heterocycles. The lowest BCUT2D eigenvalue weighted by molar-refractivity contribution is -0.132. The lowest BCUT2D eigenvalue weighted by Crippen LogP contribution is -2.50. The minimum atomic E-state index is -0.689. The Morgan fingerprint density at radius 1 is 1.53 bits per heavy atom. The van der Waals surface area contributed by atoms with Gasteiger partial charge in [0.2, 0.25) is 5.91 Å². The number of nitrogens with zero attached hydrogens (tertiary/aromatic N) is 1. The van der Waals surface area contributed by atoms with E-state index in [0.29, 0.717) is 19.5 Å². The number of hydrogen-bond acceptors (Lipinski definition) is 4. The van der Waals surface area contributed by atoms with E-state index in [9.17, 15) is 14.7 Å². The second-order valence-corrected chi connectivity index (χ2v) is 5.81. The van der Waals surface area contributed by atoms with Crippen molar-refractivity contribution in [1.82, 2.24) is 10.2 Å². The second-order valence-electron chi connectivity index (χ2n) is 4.82. The minimum Gasteiger partial charge on any atom is -0.391 e. The van der Waals surface area contributed by atoms with Crippen LogP contribution < -0.4 is 11.1 Å². The zero-order valence-corrected chi connectivity index (χ0v) is 12.3. The summed E-state index contributed by atoms with van der Waals surface area (Å²) in [5, 5.41) is 12.3. The molecule has 0 aromatic heterocycles. The van der Waals surface area contributed by atoms with Gasteiger partial charge in [-0.3, -0.25) is 4.79 Å². The molecular formula is C12H23N3O3S. The number of amides is 3. The molecule has 0 bridgehead atoms. The molecule has 0 radical (unpaired) electrons. The number of β-amino-alcohol motifs (C(OH)–C–C–N with tert-alkyl or cyclic N) is 1. The van der Waals surface area contributed by atoms with Gasteiger partial charge in [0.1, 0.15) is 6.04 Å². The molecule has 1 aliphatic heterocycles. The smallest absolute Gasteiger partial charge is 0.312 e. The molecule has 1 aliphatic rings. The summed E-state index contributed by atoms with van der Waals surface area (Å²) in [7, 11) is 0. The maximum absolute atomic E-state index is 12.3. The van der Waals surface area contributed by atoms with Crippen molar-refractivity contribution in [3.63, 3.8) is 0 Å². The summed E-state index contributed by atoms with van der Waals surface area (Å²) >= 11 is 1.61. The fourth-order valence-corrected chi connectivity index (χ4v) is 2.79. The van der Waals surface area contributed by atoms with Crippen LogP contribution in [-0.4, -0.2) is 59.2 Å². The lowest BCUT2D eigenvalue weighted by atomic mass is 10.0. The molecule has 6 nitrogen and oxygen atoms in total. The van der Waals surface area contributed by atoms with E-state index >= 15 is 0 Å². The van der Waals surface area contributed by atoms with Crippen molar-refractivity contribution >= 4 is 23.7 Å². The average Bonchev–Trinajstić information content (AvgIpc) is 2.74. The molecule has 7 heteroatoms. The summed E-state index contributed by atoms with van der Waals surface area (Å²) in [6.07, 6.45) is 2.86. The molecule has 1 heterocycles. The topological polar surface area (TPSA) is 95.7 Å². The van der Waals surface area contributed by atoms with Gasteiger partial charge >= 0.3 is 6.03 Å². The van der Waals surface area contributed by atoms with E-state index in [-0.39, 0.29) is 11.8 Å². The van der Waals surface area contributed by atoms with E-state index in [4.69, 9.17) is 5.73 Å². The first-order chi connectivity index (χ1) is 8.99. The summed E-state index contributed by atoms with van der Waals surface area (Å²) in [6.45, 7) is 2.88. The van der Waals surface area contributed by atoms with Crippen molar-refractivity contribution in [1.29, 1.82) is 0 Å². The van der Waals surface area contributed by atoms with Gasteiger partial charge in [-0.15, -0.1) is 0 Å². The Hall–Kier alpha value is -0.950. The number of hydrogen-bond donors (Lipinski definition) is 3. The average molecular weight is 289 g/mol. The Kier molecular flexibility index (Phi) is 6.44. The highest BCUT2D eigenvalue weighted by atomic mass is 32.2. The fourth-order valence-electron chi connectivity index (χ4n) is 2.32. The molecule has 110 valence electrons. The number of thioether (sulfide) groups is 1. The van der Waals surface area contributed by atoms with Gasteiger partial charge in [-0.25, -0.2) is 4.79 Å². The molecule has 3 atom stereocenters. The van der Waals surface area contributed by atoms with Gasteiger partial charge in [0.15, 0.2) is 0 Å². The first kappa shape index (κ1) is 16.1. The van der Waals surface area contributed by atoms with Crippen LogP contribution in [0.3, 0.4) is 0 Å². The number of nitrogens with two attached hydrogens (primary N) is 1. The predicted molar refractivity (Wildman–Crippen MR) is 75.9 cm³/mol. The normalized spacial score (nSPS) is 24.3. The third kappa shape index (κ3) is 4.58. The van der Waals surface area contributed by atoms with Gasteiger partial charge in [-0.05, 0) is 24.9 Å². The maximum atomic E-state index is 12.3. The van der Waals surface area contributed by atoms with Crippen LogP contribution in [0.5, 0.6) is 0 Å². The third-order valence-electron chi connectivity index (χ3n) is 3.47. The van der Waals surface area contributed by atoms with Crippen LogP contribution in [0.1, 0.15) is 19.8 Å². The second kappa shape index (κ2) is 7.59. The largest absolute Gasteiger partial charge is 0.391 e. The van der Waals surface area contributed by atoms with Crippen LogP contribution in [0, 0.1) is 5.92 Å². The van der Waals surface area contributed by atoms with Crippen LogP contribution in [0.25, 0.3) is 0 Å². The SMILES string of the molecule is CCC1CN(C(=O)C(CCSC)NC(N)=O)CC1O. The number of carbonyl (C=O) groups excluding carboxylic acids is 2. The zero-order valence-electron chi connectivity index (χ0n) is 11.5. The molecule has 0 saturated carbocycles. The predicted octanol–water partition coefficient (Wildman–Crippen LogP) is 0.00570. The van der Waals surface area contributed by atoms with Crippen LogP contribution in [0.4, 0.5) is 4.79 Å². The lowest BCUT2D eigenvalue weighted by Gasteiger charge is -2.23. The Morgan fingerprint density at radius 3 is 2.68 bits per heavy atom. The van der Waals surface area contributed by atoms with Crippen molar-refractivity contribution in [2.45, 2.75) is 31.9 Å². The molecule has 0 aromatic rings. The number of urea groups is 1. The van der Waals surface area contributed by atoms with E-state index in [1.54, 1.807) is 16.7 Å². The number of likely N-dealkylation sites (tertiary alicyclic amines) is 1. The molecule has 3 unspecified atom stereocenters. The first-order valence-corrected chi connectivity index (χ1v) is 7.90. The summed E-state index contributed by atoms with van der Waals surface area (Å²) in [5.74, 6) is 0.742. The summed E-state index contributed by atoms with van der Waals surface area (Å²) < 4.78 is 0. The van der Waals surface area contributed by atoms with Gasteiger partial charge in [-0.1, -0.05) is 6.92 Å². The maximum Gasteiger partial charge on any atom is 0.312 e. The molecule has 0 aromatic carbocycles. The van der Waals surface area contributed by atoms with Crippen LogP contribution in [-0.2, 0) is 4.79 Å². The van der Waals surface area contributed by atoms with Gasteiger partial charge in [0.05, 0.1) is 6.10 Å². The molecule has 1 rings (SSSR count). The number of nitrogens with one attached hydrogen (secondary N) is 1. The van der Waals surface area contributed by atoms with E-state index < -0.39 is 18.2 Å². The molecule has 0 aliphatic carbocycles. The Bertz CT molecular complexity index is 327. The van der Waals surface area contributed by atoms with Gasteiger partial charge in [-0.2, -0.15) is 11.8 Å². The summed E-state index contributed by atoms with van der Waals surface area (Å²) in [4.78, 5) is 24.9. The van der Waals surface area contributed by atoms with E-state index in [0.717, 1.165) is 12.2 Å². The van der Waals surface area contributed by atoms with Crippen molar-refractivity contribution in [2.24, 2.45) is 11.7 Å². The molecule has 19 heavy (non-hydrogen) atoms. The molecule has 1 fully saturated rings. The number of aliphatic hydroxyl groups excluding tert-OH is 1. The summed E-state index contributed by atoms with van der Waals surface area (Å²) in [6, 6.07) is -1.28. The monoisotopic (exact) mass is 289 g/mol. The van der Waals surface area contributed by atoms with E-state index in [1.165, 1.54) is 0 Å². The number of rotatable bonds is 6. The van der Waals surface area contributed by atoms with Crippen molar-refractivity contribution < 1.29 is 14.7 Å². The Morgan fingerprint density at radius 2 is 2.21 bits per heavy atom. The molecule has 3 amide bonds. The van der Waals surface area contributed by atoms with E-state index in [2.05, 4.69) is 5.32 Å². The number of primary amides is 1. The Labute approximate surface area is 118 Å². The number of carbonyl (C=O) groups is 2. The zero-order chi connectivity index (χ0) is 14.4. The highest BCUT2D eigenvalue weighted by molar-refractivity contribution is 7.98. The minimum absolute atomic E-state index is 0.124. The standard InChI is InChI=1S/C12H23N3O3S/c1-3-8-6-15(7-10(8)16)11(17)9(4-5-19-2)14-12(13)18/h8-10,16H,3-7H2,1-2H3,(H3,13,14,18). The molecular weight excluding hydrogens is 266 g/mol. The summed E-state index contributed by atoms with van der Waals surface area (Å²) in [5.41, 5.74) is 5.11. The molecule has 4 N–H and O–H groups in total. The van der Waals surface area contributed by atoms with Gasteiger partial charge < -0.3 is 21.1 Å². The highest BCUT2D eigenvalue weighted by Gasteiger charge is 2.35. The quantitative estimate of drug-likeness (QED) is 0.641. The number of aliphatic hydroxyl groups is 1. The van der Waals surface area contributed by atoms with Crippen LogP contribution >= 0.6 is 11.8 Å². The van der Waals surface area contributed by atoms with E-state index in [1.807, 2.05) is 13.2 Å². The fraction of sp³-hybridized carbons (Fsp3) is 0.833. The van der Waals surface area contributed by atoms with Gasteiger partial charge in [0, 0.05) is 19.0 Å². The van der Waals surface area contributed by atoms with Crippen LogP contribution in [0.2, 0.25) is 0 Å². The van der Waals surface area contributed by atoms with Gasteiger partial charge in [0.25, 0.3) is 0 Å². The first-order valence-electron chi connectivity index (χ1n) is 6.51. The van der Waals surface area contributed by atoms with Crippen molar-refractivity contribution in [3.05, 3.63) is 0 Å². The molecule has 0 spiro atoms. The van der Waals surface area contributed by atoms with Crippen LogP contribution in [0.15, 0.2) is 0 Å². The highest BCUT2D eigenvalue weighted by Crippen LogP contribution is 2.21. The Balaban J connectivity index is 2.63. The van der Waals surface area contributed by atoms with Crippen molar-refractivity contribution in [2.75, 3.05) is 25.1 Å². The third-order valence-corrected chi connectivity index (χ3v) is 4.11. The van der Waals surface area contributed by atoms with Crippen molar-refractivity contribution in [3.8, 4) is 0 Å².